The normalized spacial score (nSPS) is 16.8. The van der Waals surface area contributed by atoms with Crippen molar-refractivity contribution in [2.45, 2.75) is 38.9 Å². The number of carbonyl (C=O) groups is 2. The molecule has 3 rings (SSSR count). The van der Waals surface area contributed by atoms with E-state index in [0.29, 0.717) is 30.2 Å². The minimum atomic E-state index is -0.495. The SMILES string of the molecule is C=CCOC(=O)N1c2cc(OC)c(OC)cc2[C@H](N(Cc2ccccc2)C(=O)OCC)C[C@@H]1C. The molecule has 8 nitrogen and oxygen atoms in total. The van der Waals surface area contributed by atoms with E-state index in [4.69, 9.17) is 18.9 Å². The third-order valence-corrected chi connectivity index (χ3v) is 5.75. The van der Waals surface area contributed by atoms with Gasteiger partial charge in [0.15, 0.2) is 11.5 Å². The fourth-order valence-corrected chi connectivity index (χ4v) is 4.21. The zero-order valence-corrected chi connectivity index (χ0v) is 20.2. The van der Waals surface area contributed by atoms with Crippen molar-refractivity contribution in [2.24, 2.45) is 0 Å². The second-order valence-electron chi connectivity index (χ2n) is 7.91. The Morgan fingerprint density at radius 1 is 1.12 bits per heavy atom. The summed E-state index contributed by atoms with van der Waals surface area (Å²) < 4.78 is 21.8. The fourth-order valence-electron chi connectivity index (χ4n) is 4.21. The molecule has 1 aliphatic heterocycles. The van der Waals surface area contributed by atoms with Crippen LogP contribution >= 0.6 is 0 Å². The van der Waals surface area contributed by atoms with Gasteiger partial charge in [-0.15, -0.1) is 0 Å². The molecule has 2 aromatic rings. The highest BCUT2D eigenvalue weighted by molar-refractivity contribution is 5.91. The lowest BCUT2D eigenvalue weighted by molar-refractivity contribution is 0.0809. The molecular formula is C26H32N2O6. The Kier molecular flexibility index (Phi) is 8.40. The molecule has 0 radical (unpaired) electrons. The van der Waals surface area contributed by atoms with Crippen LogP contribution in [-0.2, 0) is 16.0 Å². The van der Waals surface area contributed by atoms with Crippen LogP contribution in [0.25, 0.3) is 0 Å². The largest absolute Gasteiger partial charge is 0.493 e. The quantitative estimate of drug-likeness (QED) is 0.488. The zero-order valence-electron chi connectivity index (χ0n) is 20.2. The number of benzene rings is 2. The van der Waals surface area contributed by atoms with Gasteiger partial charge in [0.2, 0.25) is 0 Å². The van der Waals surface area contributed by atoms with Crippen LogP contribution in [0.3, 0.4) is 0 Å². The van der Waals surface area contributed by atoms with Crippen molar-refractivity contribution in [2.75, 3.05) is 32.3 Å². The molecule has 1 aliphatic rings. The van der Waals surface area contributed by atoms with Crippen LogP contribution < -0.4 is 14.4 Å². The summed E-state index contributed by atoms with van der Waals surface area (Å²) in [5.41, 5.74) is 2.31. The van der Waals surface area contributed by atoms with E-state index in [9.17, 15) is 9.59 Å². The number of rotatable bonds is 8. The summed E-state index contributed by atoms with van der Waals surface area (Å²) in [6.07, 6.45) is 1.09. The minimum absolute atomic E-state index is 0.0943. The van der Waals surface area contributed by atoms with Crippen LogP contribution in [0.5, 0.6) is 11.5 Å². The first-order valence-corrected chi connectivity index (χ1v) is 11.2. The Balaban J connectivity index is 2.13. The van der Waals surface area contributed by atoms with E-state index in [1.54, 1.807) is 29.9 Å². The molecule has 0 aliphatic carbocycles. The Morgan fingerprint density at radius 3 is 2.41 bits per heavy atom. The third-order valence-electron chi connectivity index (χ3n) is 5.75. The van der Waals surface area contributed by atoms with Gasteiger partial charge < -0.3 is 18.9 Å². The summed E-state index contributed by atoms with van der Waals surface area (Å²) in [7, 11) is 3.09. The lowest BCUT2D eigenvalue weighted by Gasteiger charge is -2.42. The molecule has 2 amide bonds. The molecule has 0 N–H and O–H groups in total. The molecule has 0 unspecified atom stereocenters. The van der Waals surface area contributed by atoms with Crippen LogP contribution in [-0.4, -0.2) is 50.6 Å². The molecule has 0 fully saturated rings. The van der Waals surface area contributed by atoms with E-state index in [2.05, 4.69) is 6.58 Å². The number of fused-ring (bicyclic) bond motifs is 1. The van der Waals surface area contributed by atoms with Gasteiger partial charge in [0.1, 0.15) is 6.61 Å². The highest BCUT2D eigenvalue weighted by Crippen LogP contribution is 2.46. The Hall–Kier alpha value is -3.68. The topological polar surface area (TPSA) is 77.5 Å². The fraction of sp³-hybridized carbons (Fsp3) is 0.385. The maximum Gasteiger partial charge on any atom is 0.414 e. The summed E-state index contributed by atoms with van der Waals surface area (Å²) in [6, 6.07) is 12.7. The minimum Gasteiger partial charge on any atom is -0.493 e. The number of anilines is 1. The van der Waals surface area contributed by atoms with E-state index in [-0.39, 0.29) is 25.3 Å². The maximum absolute atomic E-state index is 13.1. The molecule has 2 atom stereocenters. The molecule has 0 aromatic heterocycles. The number of amides is 2. The van der Waals surface area contributed by atoms with Crippen molar-refractivity contribution < 1.29 is 28.5 Å². The second-order valence-corrected chi connectivity index (χ2v) is 7.91. The van der Waals surface area contributed by atoms with Crippen molar-refractivity contribution in [1.82, 2.24) is 4.90 Å². The molecule has 0 spiro atoms. The van der Waals surface area contributed by atoms with Gasteiger partial charge in [-0.2, -0.15) is 0 Å². The predicted octanol–water partition coefficient (Wildman–Crippen LogP) is 5.32. The summed E-state index contributed by atoms with van der Waals surface area (Å²) >= 11 is 0. The van der Waals surface area contributed by atoms with Crippen molar-refractivity contribution in [3.8, 4) is 11.5 Å². The number of hydrogen-bond acceptors (Lipinski definition) is 6. The van der Waals surface area contributed by atoms with Gasteiger partial charge >= 0.3 is 12.2 Å². The van der Waals surface area contributed by atoms with Gasteiger partial charge in [0.05, 0.1) is 32.6 Å². The lowest BCUT2D eigenvalue weighted by atomic mass is 9.90. The monoisotopic (exact) mass is 468 g/mol. The summed E-state index contributed by atoms with van der Waals surface area (Å²) in [5.74, 6) is 0.977. The molecule has 182 valence electrons. The molecule has 0 saturated heterocycles. The van der Waals surface area contributed by atoms with E-state index >= 15 is 0 Å². The van der Waals surface area contributed by atoms with Gasteiger partial charge in [-0.05, 0) is 31.9 Å². The predicted molar refractivity (Wildman–Crippen MR) is 129 cm³/mol. The first-order valence-electron chi connectivity index (χ1n) is 11.2. The van der Waals surface area contributed by atoms with Crippen molar-refractivity contribution in [3.63, 3.8) is 0 Å². The second kappa shape index (κ2) is 11.4. The number of carbonyl (C=O) groups excluding carboxylic acids is 2. The number of ether oxygens (including phenoxy) is 4. The van der Waals surface area contributed by atoms with E-state index in [0.717, 1.165) is 11.1 Å². The first-order chi connectivity index (χ1) is 16.4. The van der Waals surface area contributed by atoms with E-state index in [1.807, 2.05) is 43.3 Å². The molecule has 2 aromatic carbocycles. The van der Waals surface area contributed by atoms with Crippen LogP contribution in [0.2, 0.25) is 0 Å². The number of methoxy groups -OCH3 is 2. The molecular weight excluding hydrogens is 436 g/mol. The molecule has 0 bridgehead atoms. The third kappa shape index (κ3) is 5.27. The molecule has 0 saturated carbocycles. The van der Waals surface area contributed by atoms with Gasteiger partial charge in [-0.1, -0.05) is 43.0 Å². The number of nitrogens with zero attached hydrogens (tertiary/aromatic N) is 2. The van der Waals surface area contributed by atoms with E-state index in [1.165, 1.54) is 13.2 Å². The number of hydrogen-bond donors (Lipinski definition) is 0. The first kappa shape index (κ1) is 25.0. The van der Waals surface area contributed by atoms with Crippen LogP contribution in [0, 0.1) is 0 Å². The molecule has 8 heteroatoms. The Labute approximate surface area is 200 Å². The summed E-state index contributed by atoms with van der Waals surface area (Å²) in [5, 5.41) is 0. The van der Waals surface area contributed by atoms with E-state index < -0.39 is 12.2 Å². The summed E-state index contributed by atoms with van der Waals surface area (Å²) in [4.78, 5) is 29.4. The Bertz CT molecular complexity index is 1010. The van der Waals surface area contributed by atoms with Crippen molar-refractivity contribution >= 4 is 17.9 Å². The maximum atomic E-state index is 13.1. The van der Waals surface area contributed by atoms with Gasteiger partial charge in [0.25, 0.3) is 0 Å². The molecule has 34 heavy (non-hydrogen) atoms. The zero-order chi connectivity index (χ0) is 24.7. The van der Waals surface area contributed by atoms with Crippen molar-refractivity contribution in [3.05, 3.63) is 66.2 Å². The average molecular weight is 469 g/mol. The van der Waals surface area contributed by atoms with Crippen molar-refractivity contribution in [1.29, 1.82) is 0 Å². The highest BCUT2D eigenvalue weighted by Gasteiger charge is 2.40. The van der Waals surface area contributed by atoms with Crippen LogP contribution in [0.4, 0.5) is 15.3 Å². The Morgan fingerprint density at radius 2 is 1.79 bits per heavy atom. The van der Waals surface area contributed by atoms with Gasteiger partial charge in [-0.25, -0.2) is 9.59 Å². The van der Waals surface area contributed by atoms with Crippen LogP contribution in [0.1, 0.15) is 37.4 Å². The highest BCUT2D eigenvalue weighted by atomic mass is 16.6. The van der Waals surface area contributed by atoms with Gasteiger partial charge in [0, 0.05) is 24.2 Å². The van der Waals surface area contributed by atoms with Crippen LogP contribution in [0.15, 0.2) is 55.1 Å². The lowest BCUT2D eigenvalue weighted by Crippen LogP contribution is -2.47. The smallest absolute Gasteiger partial charge is 0.414 e. The van der Waals surface area contributed by atoms with Gasteiger partial charge in [-0.3, -0.25) is 9.80 Å². The molecule has 1 heterocycles. The standard InChI is InChI=1S/C26H32N2O6/c1-6-13-34-26(30)28-18(3)14-21(20-15-23(31-4)24(32-5)16-22(20)28)27(25(29)33-7-2)17-19-11-9-8-10-12-19/h6,8-12,15-16,18,21H,1,7,13-14,17H2,2-5H3/t18-,21+/m0/s1. The average Bonchev–Trinajstić information content (AvgIpc) is 2.85. The summed E-state index contributed by atoms with van der Waals surface area (Å²) in [6.45, 7) is 8.02.